The van der Waals surface area contributed by atoms with Crippen LogP contribution in [0.25, 0.3) is 0 Å². The molecule has 0 N–H and O–H groups in total. The van der Waals surface area contributed by atoms with Crippen molar-refractivity contribution in [3.8, 4) is 0 Å². The van der Waals surface area contributed by atoms with E-state index in [1.54, 1.807) is 0 Å². The molecule has 10 heavy (non-hydrogen) atoms. The van der Waals surface area contributed by atoms with Crippen LogP contribution in [0.2, 0.25) is 0 Å². The first kappa shape index (κ1) is 7.32. The number of carbonyl (C=O) groups excluding carboxylic acids is 1. The summed E-state index contributed by atoms with van der Waals surface area (Å²) in [4.78, 5) is 10.7. The summed E-state index contributed by atoms with van der Waals surface area (Å²) in [7, 11) is 0. The van der Waals surface area contributed by atoms with Gasteiger partial charge in [0.25, 0.3) is 0 Å². The predicted octanol–water partition coefficient (Wildman–Crippen LogP) is 1.51. The maximum absolute atomic E-state index is 10.7. The molecule has 1 saturated heterocycles. The molecule has 1 heterocycles. The molecule has 2 atom stereocenters. The Labute approximate surface area is 60.9 Å². The van der Waals surface area contributed by atoms with E-state index in [1.165, 1.54) is 0 Å². The number of hydrogen-bond donors (Lipinski definition) is 0. The number of hydrogen-bond acceptors (Lipinski definition) is 2. The first-order valence-corrected chi connectivity index (χ1v) is 3.56. The number of cyclic esters (lactones) is 1. The molecule has 0 spiro atoms. The van der Waals surface area contributed by atoms with Crippen molar-refractivity contribution in [2.75, 3.05) is 0 Å². The molecule has 1 aliphatic heterocycles. The zero-order chi connectivity index (χ0) is 7.56. The number of ether oxygens (including phenoxy) is 1. The minimum absolute atomic E-state index is 0.0266. The van der Waals surface area contributed by atoms with Crippen molar-refractivity contribution in [2.24, 2.45) is 5.92 Å². The van der Waals surface area contributed by atoms with Gasteiger partial charge in [0.15, 0.2) is 0 Å². The molecule has 1 aliphatic rings. The monoisotopic (exact) mass is 140 g/mol. The zero-order valence-electron chi connectivity index (χ0n) is 6.17. The van der Waals surface area contributed by atoms with Gasteiger partial charge >= 0.3 is 5.97 Å². The minimum Gasteiger partial charge on any atom is -0.462 e. The van der Waals surface area contributed by atoms with Gasteiger partial charge in [0.1, 0.15) is 6.10 Å². The molecule has 0 unspecified atom stereocenters. The fourth-order valence-corrected chi connectivity index (χ4v) is 1.18. The lowest BCUT2D eigenvalue weighted by Gasteiger charge is -2.25. The zero-order valence-corrected chi connectivity index (χ0v) is 6.17. The lowest BCUT2D eigenvalue weighted by Crippen LogP contribution is -2.28. The third-order valence-electron chi connectivity index (χ3n) is 1.90. The maximum Gasteiger partial charge on any atom is 0.306 e. The molecule has 0 bridgehead atoms. The van der Waals surface area contributed by atoms with E-state index in [1.807, 2.05) is 13.0 Å². The normalized spacial score (nSPS) is 33.1. The molecule has 2 nitrogen and oxygen atoms in total. The van der Waals surface area contributed by atoms with E-state index in [0.717, 1.165) is 6.42 Å². The van der Waals surface area contributed by atoms with Crippen LogP contribution in [0.15, 0.2) is 12.7 Å². The first-order chi connectivity index (χ1) is 4.74. The van der Waals surface area contributed by atoms with Gasteiger partial charge in [-0.1, -0.05) is 6.08 Å². The quantitative estimate of drug-likeness (QED) is 0.407. The summed E-state index contributed by atoms with van der Waals surface area (Å²) >= 11 is 0. The standard InChI is InChI=1S/C8H12O2/c1-3-7-4-5-8(9)10-6(7)2/h3,6-7H,1,4-5H2,2H3/t6-,7-/m1/s1. The SMILES string of the molecule is C=C[C@@H]1CCC(=O)O[C@@H]1C. The van der Waals surface area contributed by atoms with E-state index in [2.05, 4.69) is 6.58 Å². The van der Waals surface area contributed by atoms with Gasteiger partial charge in [-0.3, -0.25) is 4.79 Å². The number of rotatable bonds is 1. The second-order valence-corrected chi connectivity index (χ2v) is 2.63. The number of carbonyl (C=O) groups is 1. The summed E-state index contributed by atoms with van der Waals surface area (Å²) in [5, 5.41) is 0. The average Bonchev–Trinajstić information content (AvgIpc) is 1.88. The Morgan fingerprint density at radius 3 is 3.00 bits per heavy atom. The molecule has 1 fully saturated rings. The molecule has 0 aliphatic carbocycles. The summed E-state index contributed by atoms with van der Waals surface area (Å²) in [5.74, 6) is 0.281. The van der Waals surface area contributed by atoms with Crippen molar-refractivity contribution >= 4 is 5.97 Å². The van der Waals surface area contributed by atoms with Crippen LogP contribution in [0.1, 0.15) is 19.8 Å². The lowest BCUT2D eigenvalue weighted by atomic mass is 9.95. The highest BCUT2D eigenvalue weighted by atomic mass is 16.5. The summed E-state index contributed by atoms with van der Waals surface area (Å²) in [5.41, 5.74) is 0. The van der Waals surface area contributed by atoms with Crippen LogP contribution in [0.4, 0.5) is 0 Å². The summed E-state index contributed by atoms with van der Waals surface area (Å²) in [6.45, 7) is 5.57. The molecule has 0 aromatic rings. The van der Waals surface area contributed by atoms with E-state index in [-0.39, 0.29) is 12.1 Å². The Morgan fingerprint density at radius 2 is 2.50 bits per heavy atom. The Hall–Kier alpha value is -0.790. The van der Waals surface area contributed by atoms with Crippen molar-refractivity contribution in [3.05, 3.63) is 12.7 Å². The van der Waals surface area contributed by atoms with Crippen molar-refractivity contribution in [3.63, 3.8) is 0 Å². The maximum atomic E-state index is 10.7. The fourth-order valence-electron chi connectivity index (χ4n) is 1.18. The first-order valence-electron chi connectivity index (χ1n) is 3.56. The second kappa shape index (κ2) is 2.86. The highest BCUT2D eigenvalue weighted by Gasteiger charge is 2.24. The van der Waals surface area contributed by atoms with Gasteiger partial charge in [-0.2, -0.15) is 0 Å². The molecule has 2 heteroatoms. The highest BCUT2D eigenvalue weighted by Crippen LogP contribution is 2.21. The molecule has 1 rings (SSSR count). The third-order valence-corrected chi connectivity index (χ3v) is 1.90. The molecule has 0 radical (unpaired) electrons. The van der Waals surface area contributed by atoms with Crippen LogP contribution < -0.4 is 0 Å². The Morgan fingerprint density at radius 1 is 1.80 bits per heavy atom. The summed E-state index contributed by atoms with van der Waals surface area (Å²) in [6, 6.07) is 0. The van der Waals surface area contributed by atoms with Gasteiger partial charge in [0.05, 0.1) is 0 Å². The van der Waals surface area contributed by atoms with Gasteiger partial charge in [-0.25, -0.2) is 0 Å². The fraction of sp³-hybridized carbons (Fsp3) is 0.625. The highest BCUT2D eigenvalue weighted by molar-refractivity contribution is 5.70. The Balaban J connectivity index is 2.50. The smallest absolute Gasteiger partial charge is 0.306 e. The van der Waals surface area contributed by atoms with E-state index >= 15 is 0 Å². The molecule has 0 amide bonds. The average molecular weight is 140 g/mol. The van der Waals surface area contributed by atoms with Crippen molar-refractivity contribution in [1.29, 1.82) is 0 Å². The number of esters is 1. The van der Waals surface area contributed by atoms with Gasteiger partial charge in [-0.05, 0) is 13.3 Å². The van der Waals surface area contributed by atoms with Gasteiger partial charge < -0.3 is 4.74 Å². The molecular formula is C8H12O2. The Bertz CT molecular complexity index is 151. The van der Waals surface area contributed by atoms with Crippen LogP contribution in [-0.2, 0) is 9.53 Å². The molecule has 56 valence electrons. The molecule has 0 aromatic carbocycles. The second-order valence-electron chi connectivity index (χ2n) is 2.63. The van der Waals surface area contributed by atoms with E-state index in [0.29, 0.717) is 12.3 Å². The van der Waals surface area contributed by atoms with Crippen LogP contribution in [0.5, 0.6) is 0 Å². The van der Waals surface area contributed by atoms with Gasteiger partial charge in [0, 0.05) is 12.3 Å². The molecule has 0 aromatic heterocycles. The third kappa shape index (κ3) is 1.38. The molecular weight excluding hydrogens is 128 g/mol. The van der Waals surface area contributed by atoms with Crippen molar-refractivity contribution < 1.29 is 9.53 Å². The van der Waals surface area contributed by atoms with E-state index < -0.39 is 0 Å². The van der Waals surface area contributed by atoms with Crippen LogP contribution in [0, 0.1) is 5.92 Å². The van der Waals surface area contributed by atoms with E-state index in [9.17, 15) is 4.79 Å². The summed E-state index contributed by atoms with van der Waals surface area (Å²) < 4.78 is 4.98. The van der Waals surface area contributed by atoms with Gasteiger partial charge in [-0.15, -0.1) is 6.58 Å². The van der Waals surface area contributed by atoms with Crippen LogP contribution >= 0.6 is 0 Å². The van der Waals surface area contributed by atoms with Crippen LogP contribution in [-0.4, -0.2) is 12.1 Å². The lowest BCUT2D eigenvalue weighted by molar-refractivity contribution is -0.155. The van der Waals surface area contributed by atoms with Gasteiger partial charge in [0.2, 0.25) is 0 Å². The summed E-state index contributed by atoms with van der Waals surface area (Å²) in [6.07, 6.45) is 3.32. The Kier molecular flexibility index (Phi) is 2.10. The predicted molar refractivity (Wildman–Crippen MR) is 38.5 cm³/mol. The van der Waals surface area contributed by atoms with Crippen molar-refractivity contribution in [2.45, 2.75) is 25.9 Å². The minimum atomic E-state index is -0.0781. The van der Waals surface area contributed by atoms with E-state index in [4.69, 9.17) is 4.74 Å². The van der Waals surface area contributed by atoms with Crippen molar-refractivity contribution in [1.82, 2.24) is 0 Å². The van der Waals surface area contributed by atoms with Crippen LogP contribution in [0.3, 0.4) is 0 Å². The topological polar surface area (TPSA) is 26.3 Å². The molecule has 0 saturated carbocycles. The largest absolute Gasteiger partial charge is 0.462 e.